The summed E-state index contributed by atoms with van der Waals surface area (Å²) >= 11 is 0. The number of esters is 1. The Kier molecular flexibility index (Phi) is 5.22. The van der Waals surface area contributed by atoms with Crippen LogP contribution in [0.5, 0.6) is 0 Å². The predicted molar refractivity (Wildman–Crippen MR) is 64.0 cm³/mol. The van der Waals surface area contributed by atoms with Crippen molar-refractivity contribution >= 4 is 5.97 Å². The van der Waals surface area contributed by atoms with Crippen molar-refractivity contribution < 1.29 is 9.53 Å². The van der Waals surface area contributed by atoms with Crippen molar-refractivity contribution in [2.75, 3.05) is 26.7 Å². The molecule has 0 spiro atoms. The molecule has 0 amide bonds. The van der Waals surface area contributed by atoms with Gasteiger partial charge < -0.3 is 15.4 Å². The third-order valence-corrected chi connectivity index (χ3v) is 3.24. The molecule has 0 radical (unpaired) electrons. The summed E-state index contributed by atoms with van der Waals surface area (Å²) in [5.74, 6) is 0.712. The molecule has 0 aromatic carbocycles. The van der Waals surface area contributed by atoms with Gasteiger partial charge in [0.2, 0.25) is 0 Å². The summed E-state index contributed by atoms with van der Waals surface area (Å²) in [6, 6.07) is -0.439. The number of piperidine rings is 1. The van der Waals surface area contributed by atoms with Crippen LogP contribution in [0.15, 0.2) is 0 Å². The molecule has 1 rings (SSSR count). The summed E-state index contributed by atoms with van der Waals surface area (Å²) in [6.07, 6.45) is 2.01. The van der Waals surface area contributed by atoms with Crippen LogP contribution < -0.4 is 5.73 Å². The van der Waals surface area contributed by atoms with Gasteiger partial charge in [0.15, 0.2) is 0 Å². The number of methoxy groups -OCH3 is 1. The van der Waals surface area contributed by atoms with Crippen LogP contribution >= 0.6 is 0 Å². The summed E-state index contributed by atoms with van der Waals surface area (Å²) < 4.78 is 4.68. The molecule has 1 aliphatic heterocycles. The average molecular weight is 228 g/mol. The Labute approximate surface area is 98.1 Å². The number of nitrogens with two attached hydrogens (primary N) is 1. The lowest BCUT2D eigenvalue weighted by Gasteiger charge is -2.34. The maximum absolute atomic E-state index is 11.3. The van der Waals surface area contributed by atoms with Crippen molar-refractivity contribution in [3.05, 3.63) is 0 Å². The molecular formula is C12H24N2O2. The zero-order valence-electron chi connectivity index (χ0n) is 10.6. The number of rotatable bonds is 4. The van der Waals surface area contributed by atoms with Gasteiger partial charge in [-0.1, -0.05) is 13.8 Å². The highest BCUT2D eigenvalue weighted by molar-refractivity contribution is 5.75. The van der Waals surface area contributed by atoms with E-state index in [4.69, 9.17) is 5.73 Å². The van der Waals surface area contributed by atoms with Crippen LogP contribution in [-0.2, 0) is 9.53 Å². The molecule has 1 saturated heterocycles. The molecule has 1 atom stereocenters. The van der Waals surface area contributed by atoms with E-state index in [2.05, 4.69) is 23.5 Å². The Hall–Kier alpha value is -0.610. The lowest BCUT2D eigenvalue weighted by atomic mass is 9.89. The molecule has 1 heterocycles. The molecule has 16 heavy (non-hydrogen) atoms. The van der Waals surface area contributed by atoms with E-state index in [0.29, 0.717) is 5.92 Å². The minimum Gasteiger partial charge on any atom is -0.468 e. The third-order valence-electron chi connectivity index (χ3n) is 3.24. The van der Waals surface area contributed by atoms with E-state index in [1.807, 2.05) is 0 Å². The average Bonchev–Trinajstić information content (AvgIpc) is 2.27. The van der Waals surface area contributed by atoms with Gasteiger partial charge in [0.25, 0.3) is 0 Å². The molecular weight excluding hydrogens is 204 g/mol. The molecule has 1 fully saturated rings. The minimum absolute atomic E-state index is 0.276. The first kappa shape index (κ1) is 13.5. The van der Waals surface area contributed by atoms with E-state index in [9.17, 15) is 4.79 Å². The van der Waals surface area contributed by atoms with Gasteiger partial charge in [0.1, 0.15) is 6.04 Å². The van der Waals surface area contributed by atoms with E-state index in [1.54, 1.807) is 0 Å². The van der Waals surface area contributed by atoms with Gasteiger partial charge in [-0.05, 0) is 37.8 Å². The van der Waals surface area contributed by atoms with Gasteiger partial charge in [-0.3, -0.25) is 4.79 Å². The van der Waals surface area contributed by atoms with Gasteiger partial charge in [-0.15, -0.1) is 0 Å². The topological polar surface area (TPSA) is 55.6 Å². The number of nitrogens with zero attached hydrogens (tertiary/aromatic N) is 1. The highest BCUT2D eigenvalue weighted by Gasteiger charge is 2.29. The van der Waals surface area contributed by atoms with Gasteiger partial charge in [-0.2, -0.15) is 0 Å². The van der Waals surface area contributed by atoms with Crippen molar-refractivity contribution in [1.29, 1.82) is 0 Å². The Bertz CT molecular complexity index is 223. The van der Waals surface area contributed by atoms with E-state index in [1.165, 1.54) is 7.11 Å². The third kappa shape index (κ3) is 3.76. The molecule has 1 aliphatic rings. The van der Waals surface area contributed by atoms with Gasteiger partial charge in [0.05, 0.1) is 7.11 Å². The van der Waals surface area contributed by atoms with Crippen molar-refractivity contribution in [3.63, 3.8) is 0 Å². The van der Waals surface area contributed by atoms with Crippen LogP contribution in [0.3, 0.4) is 0 Å². The molecule has 94 valence electrons. The van der Waals surface area contributed by atoms with Crippen LogP contribution in [0.2, 0.25) is 0 Å². The number of carbonyl (C=O) groups excluding carboxylic acids is 1. The predicted octanol–water partition coefficient (Wildman–Crippen LogP) is 0.855. The quantitative estimate of drug-likeness (QED) is 0.725. The molecule has 0 aromatic rings. The maximum Gasteiger partial charge on any atom is 0.322 e. The number of carbonyl (C=O) groups is 1. The van der Waals surface area contributed by atoms with Crippen molar-refractivity contribution in [1.82, 2.24) is 4.90 Å². The summed E-state index contributed by atoms with van der Waals surface area (Å²) in [7, 11) is 1.40. The molecule has 0 aromatic heterocycles. The van der Waals surface area contributed by atoms with Gasteiger partial charge in [0, 0.05) is 6.54 Å². The Morgan fingerprint density at radius 2 is 2.00 bits per heavy atom. The highest BCUT2D eigenvalue weighted by Crippen LogP contribution is 2.20. The first-order valence-corrected chi connectivity index (χ1v) is 6.10. The van der Waals surface area contributed by atoms with Crippen molar-refractivity contribution in [3.8, 4) is 0 Å². The fourth-order valence-electron chi connectivity index (χ4n) is 2.34. The first-order chi connectivity index (χ1) is 7.54. The second-order valence-electron chi connectivity index (χ2n) is 5.08. The van der Waals surface area contributed by atoms with E-state index in [0.717, 1.165) is 32.5 Å². The fraction of sp³-hybridized carbons (Fsp3) is 0.917. The van der Waals surface area contributed by atoms with Gasteiger partial charge >= 0.3 is 5.97 Å². The molecule has 2 N–H and O–H groups in total. The molecule has 0 bridgehead atoms. The summed E-state index contributed by atoms with van der Waals surface area (Å²) in [6.45, 7) is 7.69. The molecule has 1 unspecified atom stereocenters. The summed E-state index contributed by atoms with van der Waals surface area (Å²) in [5, 5.41) is 0. The molecule has 4 nitrogen and oxygen atoms in total. The van der Waals surface area contributed by atoms with Gasteiger partial charge in [-0.25, -0.2) is 0 Å². The van der Waals surface area contributed by atoms with Crippen LogP contribution in [0, 0.1) is 11.8 Å². The van der Waals surface area contributed by atoms with E-state index < -0.39 is 6.04 Å². The monoisotopic (exact) mass is 228 g/mol. The lowest BCUT2D eigenvalue weighted by molar-refractivity contribution is -0.144. The van der Waals surface area contributed by atoms with E-state index >= 15 is 0 Å². The Balaban J connectivity index is 2.34. The smallest absolute Gasteiger partial charge is 0.322 e. The Morgan fingerprint density at radius 1 is 1.44 bits per heavy atom. The minimum atomic E-state index is -0.439. The number of ether oxygens (including phenoxy) is 1. The second kappa shape index (κ2) is 6.21. The number of likely N-dealkylation sites (tertiary alicyclic amines) is 1. The normalized spacial score (nSPS) is 21.1. The highest BCUT2D eigenvalue weighted by atomic mass is 16.5. The summed E-state index contributed by atoms with van der Waals surface area (Å²) in [4.78, 5) is 13.8. The zero-order chi connectivity index (χ0) is 12.1. The molecule has 4 heteroatoms. The van der Waals surface area contributed by atoms with Crippen molar-refractivity contribution in [2.24, 2.45) is 17.6 Å². The lowest BCUT2D eigenvalue weighted by Crippen LogP contribution is -2.45. The Morgan fingerprint density at radius 3 is 2.44 bits per heavy atom. The zero-order valence-corrected chi connectivity index (χ0v) is 10.6. The first-order valence-electron chi connectivity index (χ1n) is 6.10. The fourth-order valence-corrected chi connectivity index (χ4v) is 2.34. The van der Waals surface area contributed by atoms with Crippen LogP contribution in [-0.4, -0.2) is 43.7 Å². The number of hydrogen-bond donors (Lipinski definition) is 1. The van der Waals surface area contributed by atoms with Crippen LogP contribution in [0.1, 0.15) is 26.7 Å². The largest absolute Gasteiger partial charge is 0.468 e. The SMILES string of the molecule is COC(=O)C(N)C1CCN(CC(C)C)CC1. The molecule has 0 aliphatic carbocycles. The summed E-state index contributed by atoms with van der Waals surface area (Å²) in [5.41, 5.74) is 5.86. The number of hydrogen-bond acceptors (Lipinski definition) is 4. The van der Waals surface area contributed by atoms with E-state index in [-0.39, 0.29) is 11.9 Å². The van der Waals surface area contributed by atoms with Crippen LogP contribution in [0.4, 0.5) is 0 Å². The second-order valence-corrected chi connectivity index (χ2v) is 5.08. The molecule has 0 saturated carbocycles. The van der Waals surface area contributed by atoms with Crippen LogP contribution in [0.25, 0.3) is 0 Å². The maximum atomic E-state index is 11.3. The standard InChI is InChI=1S/C12H24N2O2/c1-9(2)8-14-6-4-10(5-7-14)11(13)12(15)16-3/h9-11H,4-8,13H2,1-3H3. The van der Waals surface area contributed by atoms with Crippen molar-refractivity contribution in [2.45, 2.75) is 32.7 Å².